The maximum atomic E-state index is 13.7. The predicted octanol–water partition coefficient (Wildman–Crippen LogP) is 2.48. The predicted molar refractivity (Wildman–Crippen MR) is 82.1 cm³/mol. The lowest BCUT2D eigenvalue weighted by Crippen LogP contribution is -2.46. The second-order valence-corrected chi connectivity index (χ2v) is 6.48. The highest BCUT2D eigenvalue weighted by Crippen LogP contribution is 2.41. The zero-order chi connectivity index (χ0) is 15.7. The number of likely N-dealkylation sites (tertiary alicyclic amines) is 1. The molecule has 1 saturated carbocycles. The number of halogens is 1. The summed E-state index contributed by atoms with van der Waals surface area (Å²) in [4.78, 5) is 14.0. The third kappa shape index (κ3) is 3.24. The Morgan fingerprint density at radius 1 is 1.36 bits per heavy atom. The third-order valence-electron chi connectivity index (χ3n) is 4.91. The number of carbonyl (C=O) groups excluding carboxylic acids is 1. The van der Waals surface area contributed by atoms with E-state index in [0.29, 0.717) is 18.7 Å². The van der Waals surface area contributed by atoms with Crippen LogP contribution in [0.2, 0.25) is 0 Å². The minimum absolute atomic E-state index is 0.0406. The second kappa shape index (κ2) is 6.24. The van der Waals surface area contributed by atoms with Crippen LogP contribution in [-0.4, -0.2) is 41.3 Å². The number of hydrogen-bond donors (Lipinski definition) is 2. The van der Waals surface area contributed by atoms with Gasteiger partial charge in [0.1, 0.15) is 5.82 Å². The summed E-state index contributed by atoms with van der Waals surface area (Å²) in [5.41, 5.74) is 0.695. The van der Waals surface area contributed by atoms with Crippen LogP contribution < -0.4 is 5.32 Å². The molecule has 1 aliphatic heterocycles. The quantitative estimate of drug-likeness (QED) is 0.901. The molecule has 5 heteroatoms. The first-order valence-electron chi connectivity index (χ1n) is 8.04. The van der Waals surface area contributed by atoms with Crippen molar-refractivity contribution in [2.45, 2.75) is 44.2 Å². The van der Waals surface area contributed by atoms with Crippen molar-refractivity contribution in [1.29, 1.82) is 0 Å². The van der Waals surface area contributed by atoms with Crippen LogP contribution in [-0.2, 0) is 0 Å². The largest absolute Gasteiger partial charge is 0.393 e. The van der Waals surface area contributed by atoms with Crippen molar-refractivity contribution in [2.75, 3.05) is 13.1 Å². The third-order valence-corrected chi connectivity index (χ3v) is 4.91. The Kier molecular flexibility index (Phi) is 4.34. The van der Waals surface area contributed by atoms with Crippen molar-refractivity contribution < 1.29 is 14.3 Å². The minimum Gasteiger partial charge on any atom is -0.393 e. The van der Waals surface area contributed by atoms with E-state index in [1.807, 2.05) is 13.0 Å². The van der Waals surface area contributed by atoms with E-state index in [0.717, 1.165) is 19.3 Å². The first-order chi connectivity index (χ1) is 10.6. The number of aliphatic hydroxyl groups is 1. The van der Waals surface area contributed by atoms with Gasteiger partial charge in [0.25, 0.3) is 0 Å². The summed E-state index contributed by atoms with van der Waals surface area (Å²) < 4.78 is 13.7. The van der Waals surface area contributed by atoms with Crippen molar-refractivity contribution in [3.63, 3.8) is 0 Å². The molecule has 1 aliphatic carbocycles. The van der Waals surface area contributed by atoms with Crippen LogP contribution in [0.25, 0.3) is 0 Å². The molecule has 0 spiro atoms. The van der Waals surface area contributed by atoms with Crippen LogP contribution in [0.3, 0.4) is 0 Å². The Morgan fingerprint density at radius 3 is 2.68 bits per heavy atom. The van der Waals surface area contributed by atoms with Crippen LogP contribution in [0.15, 0.2) is 24.3 Å². The van der Waals surface area contributed by atoms with Gasteiger partial charge in [-0.3, -0.25) is 0 Å². The van der Waals surface area contributed by atoms with Gasteiger partial charge in [-0.15, -0.1) is 0 Å². The summed E-state index contributed by atoms with van der Waals surface area (Å²) in [7, 11) is 0. The minimum atomic E-state index is -0.306. The van der Waals surface area contributed by atoms with Crippen LogP contribution in [0.1, 0.15) is 37.7 Å². The Labute approximate surface area is 130 Å². The first kappa shape index (κ1) is 15.3. The molecule has 4 nitrogen and oxygen atoms in total. The average Bonchev–Trinajstić information content (AvgIpc) is 3.26. The van der Waals surface area contributed by atoms with Gasteiger partial charge in [-0.25, -0.2) is 9.18 Å². The topological polar surface area (TPSA) is 52.6 Å². The molecule has 3 unspecified atom stereocenters. The lowest BCUT2D eigenvalue weighted by atomic mass is 9.92. The summed E-state index contributed by atoms with van der Waals surface area (Å²) in [6, 6.07) is 6.75. The van der Waals surface area contributed by atoms with Gasteiger partial charge in [0.05, 0.1) is 6.10 Å². The molecule has 1 heterocycles. The summed E-state index contributed by atoms with van der Waals surface area (Å²) in [6.07, 6.45) is 2.18. The van der Waals surface area contributed by atoms with Crippen molar-refractivity contribution in [3.05, 3.63) is 35.6 Å². The van der Waals surface area contributed by atoms with E-state index in [-0.39, 0.29) is 35.8 Å². The van der Waals surface area contributed by atoms with Gasteiger partial charge in [-0.1, -0.05) is 18.2 Å². The van der Waals surface area contributed by atoms with E-state index in [9.17, 15) is 14.3 Å². The van der Waals surface area contributed by atoms with Crippen molar-refractivity contribution in [1.82, 2.24) is 10.2 Å². The van der Waals surface area contributed by atoms with E-state index < -0.39 is 0 Å². The van der Waals surface area contributed by atoms with E-state index in [1.165, 1.54) is 6.07 Å². The number of piperidine rings is 1. The highest BCUT2D eigenvalue weighted by Gasteiger charge is 2.41. The van der Waals surface area contributed by atoms with Crippen LogP contribution in [0.4, 0.5) is 9.18 Å². The van der Waals surface area contributed by atoms with Crippen LogP contribution in [0.5, 0.6) is 0 Å². The number of rotatable bonds is 3. The summed E-state index contributed by atoms with van der Waals surface area (Å²) in [5, 5.41) is 12.6. The Hall–Kier alpha value is -1.62. The number of nitrogens with zero attached hydrogens (tertiary/aromatic N) is 1. The number of benzene rings is 1. The van der Waals surface area contributed by atoms with Gasteiger partial charge < -0.3 is 15.3 Å². The molecule has 1 aromatic rings. The van der Waals surface area contributed by atoms with Gasteiger partial charge in [-0.05, 0) is 43.7 Å². The molecule has 0 aromatic heterocycles. The molecule has 3 rings (SSSR count). The lowest BCUT2D eigenvalue weighted by molar-refractivity contribution is 0.0797. The number of carbonyl (C=O) groups is 1. The van der Waals surface area contributed by atoms with E-state index in [4.69, 9.17) is 0 Å². The number of aliphatic hydroxyl groups excluding tert-OH is 1. The zero-order valence-electron chi connectivity index (χ0n) is 12.8. The Balaban J connectivity index is 1.49. The second-order valence-electron chi connectivity index (χ2n) is 6.48. The Bertz CT molecular complexity index is 541. The fraction of sp³-hybridized carbons (Fsp3) is 0.588. The normalized spacial score (nSPS) is 26.6. The van der Waals surface area contributed by atoms with E-state index in [2.05, 4.69) is 5.32 Å². The molecule has 120 valence electrons. The smallest absolute Gasteiger partial charge is 0.317 e. The van der Waals surface area contributed by atoms with Crippen LogP contribution in [0, 0.1) is 11.7 Å². The maximum absolute atomic E-state index is 13.7. The molecule has 2 aliphatic rings. The molecule has 0 radical (unpaired) electrons. The maximum Gasteiger partial charge on any atom is 0.317 e. The number of urea groups is 1. The molecular formula is C17H23FN2O2. The monoisotopic (exact) mass is 306 g/mol. The van der Waals surface area contributed by atoms with Crippen molar-refractivity contribution >= 4 is 6.03 Å². The highest BCUT2D eigenvalue weighted by molar-refractivity contribution is 5.75. The lowest BCUT2D eigenvalue weighted by Gasteiger charge is -2.33. The Morgan fingerprint density at radius 2 is 2.05 bits per heavy atom. The van der Waals surface area contributed by atoms with Gasteiger partial charge >= 0.3 is 6.03 Å². The molecular weight excluding hydrogens is 283 g/mol. The molecule has 2 amide bonds. The summed E-state index contributed by atoms with van der Waals surface area (Å²) >= 11 is 0. The molecule has 3 atom stereocenters. The highest BCUT2D eigenvalue weighted by atomic mass is 19.1. The SMILES string of the molecule is CC(O)C1CCN(C(=O)NC2CC2c2ccccc2F)CC1. The summed E-state index contributed by atoms with van der Waals surface area (Å²) in [5.74, 6) is 0.193. The molecule has 0 bridgehead atoms. The summed E-state index contributed by atoms with van der Waals surface area (Å²) in [6.45, 7) is 3.17. The average molecular weight is 306 g/mol. The number of amides is 2. The van der Waals surface area contributed by atoms with Crippen LogP contribution >= 0.6 is 0 Å². The molecule has 2 fully saturated rings. The standard InChI is InChI=1S/C17H23FN2O2/c1-11(21)12-6-8-20(9-7-12)17(22)19-16-10-14(16)13-4-2-3-5-15(13)18/h2-5,11-12,14,16,21H,6-10H2,1H3,(H,19,22). The molecule has 1 aromatic carbocycles. The van der Waals surface area contributed by atoms with Gasteiger partial charge in [0.2, 0.25) is 0 Å². The van der Waals surface area contributed by atoms with Gasteiger partial charge in [-0.2, -0.15) is 0 Å². The molecule has 2 N–H and O–H groups in total. The number of hydrogen-bond acceptors (Lipinski definition) is 2. The molecule has 1 saturated heterocycles. The van der Waals surface area contributed by atoms with Crippen molar-refractivity contribution in [2.24, 2.45) is 5.92 Å². The van der Waals surface area contributed by atoms with Gasteiger partial charge in [0.15, 0.2) is 0 Å². The first-order valence-corrected chi connectivity index (χ1v) is 8.04. The fourth-order valence-electron chi connectivity index (χ4n) is 3.31. The van der Waals surface area contributed by atoms with E-state index in [1.54, 1.807) is 17.0 Å². The molecule has 22 heavy (non-hydrogen) atoms. The van der Waals surface area contributed by atoms with E-state index >= 15 is 0 Å². The zero-order valence-corrected chi connectivity index (χ0v) is 12.8. The number of nitrogens with one attached hydrogen (secondary N) is 1. The van der Waals surface area contributed by atoms with Crippen molar-refractivity contribution in [3.8, 4) is 0 Å². The fourth-order valence-corrected chi connectivity index (χ4v) is 3.31. The van der Waals surface area contributed by atoms with Gasteiger partial charge in [0, 0.05) is 25.0 Å².